The Labute approximate surface area is 115 Å². The van der Waals surface area contributed by atoms with E-state index in [1.54, 1.807) is 7.11 Å². The predicted molar refractivity (Wildman–Crippen MR) is 78.8 cm³/mol. The number of ether oxygens (including phenoxy) is 1. The predicted octanol–water partition coefficient (Wildman–Crippen LogP) is 1.81. The third-order valence-electron chi connectivity index (χ3n) is 3.32. The zero-order chi connectivity index (χ0) is 13.5. The molecule has 104 valence electrons. The van der Waals surface area contributed by atoms with E-state index in [2.05, 4.69) is 27.8 Å². The van der Waals surface area contributed by atoms with Crippen LogP contribution in [0.15, 0.2) is 29.3 Å². The fraction of sp³-hybridized carbons (Fsp3) is 0.533. The molecule has 0 aromatic heterocycles. The molecule has 4 heteroatoms. The Morgan fingerprint density at radius 3 is 2.89 bits per heavy atom. The molecule has 0 aliphatic heterocycles. The highest BCUT2D eigenvalue weighted by Gasteiger charge is 2.20. The Balaban J connectivity index is 1.71. The van der Waals surface area contributed by atoms with Gasteiger partial charge in [0.2, 0.25) is 0 Å². The maximum atomic E-state index is 5.22. The van der Waals surface area contributed by atoms with Crippen molar-refractivity contribution >= 4 is 5.96 Å². The number of benzene rings is 1. The lowest BCUT2D eigenvalue weighted by Gasteiger charge is -2.11. The van der Waals surface area contributed by atoms with Crippen molar-refractivity contribution in [2.75, 3.05) is 27.2 Å². The second-order valence-electron chi connectivity index (χ2n) is 4.92. The second-order valence-corrected chi connectivity index (χ2v) is 4.92. The van der Waals surface area contributed by atoms with Crippen molar-refractivity contribution in [2.24, 2.45) is 10.9 Å². The van der Waals surface area contributed by atoms with Gasteiger partial charge in [0.25, 0.3) is 0 Å². The Bertz CT molecular complexity index is 427. The van der Waals surface area contributed by atoms with Crippen molar-refractivity contribution in [2.45, 2.75) is 19.3 Å². The first-order chi connectivity index (χ1) is 9.31. The summed E-state index contributed by atoms with van der Waals surface area (Å²) in [5.41, 5.74) is 1.27. The molecule has 1 aromatic rings. The normalized spacial score (nSPS) is 15.2. The minimum absolute atomic E-state index is 0.858. The molecule has 1 fully saturated rings. The highest BCUT2D eigenvalue weighted by molar-refractivity contribution is 5.79. The van der Waals surface area contributed by atoms with E-state index < -0.39 is 0 Å². The standard InChI is InChI=1S/C15H23N3O/c1-16-15(18-11-13-6-7-13)17-9-8-12-4-3-5-14(10-12)19-2/h3-5,10,13H,6-9,11H2,1-2H3,(H2,16,17,18). The number of nitrogens with one attached hydrogen (secondary N) is 2. The molecule has 19 heavy (non-hydrogen) atoms. The maximum absolute atomic E-state index is 5.22. The van der Waals surface area contributed by atoms with Crippen molar-refractivity contribution in [3.8, 4) is 5.75 Å². The number of methoxy groups -OCH3 is 1. The Hall–Kier alpha value is -1.71. The van der Waals surface area contributed by atoms with E-state index in [0.29, 0.717) is 0 Å². The second kappa shape index (κ2) is 7.02. The molecule has 0 saturated heterocycles. The molecule has 0 atom stereocenters. The zero-order valence-electron chi connectivity index (χ0n) is 11.8. The molecule has 2 N–H and O–H groups in total. The molecule has 1 aliphatic carbocycles. The zero-order valence-corrected chi connectivity index (χ0v) is 11.8. The number of hydrogen-bond acceptors (Lipinski definition) is 2. The van der Waals surface area contributed by atoms with Gasteiger partial charge in [0.15, 0.2) is 5.96 Å². The van der Waals surface area contributed by atoms with Crippen LogP contribution in [-0.4, -0.2) is 33.2 Å². The van der Waals surface area contributed by atoms with Gasteiger partial charge >= 0.3 is 0 Å². The van der Waals surface area contributed by atoms with Gasteiger partial charge in [-0.15, -0.1) is 0 Å². The van der Waals surface area contributed by atoms with Gasteiger partial charge in [-0.25, -0.2) is 0 Å². The molecule has 0 unspecified atom stereocenters. The van der Waals surface area contributed by atoms with E-state index in [1.807, 2.05) is 19.2 Å². The number of aliphatic imine (C=N–C) groups is 1. The molecule has 1 aromatic carbocycles. The highest BCUT2D eigenvalue weighted by Crippen LogP contribution is 2.27. The van der Waals surface area contributed by atoms with Crippen LogP contribution in [0.3, 0.4) is 0 Å². The maximum Gasteiger partial charge on any atom is 0.190 e. The smallest absolute Gasteiger partial charge is 0.190 e. The molecule has 4 nitrogen and oxygen atoms in total. The first-order valence-electron chi connectivity index (χ1n) is 6.89. The number of nitrogens with zero attached hydrogens (tertiary/aromatic N) is 1. The number of guanidine groups is 1. The van der Waals surface area contributed by atoms with E-state index in [9.17, 15) is 0 Å². The molecule has 0 spiro atoms. The van der Waals surface area contributed by atoms with E-state index in [4.69, 9.17) is 4.74 Å². The Morgan fingerprint density at radius 2 is 2.21 bits per heavy atom. The van der Waals surface area contributed by atoms with Gasteiger partial charge in [-0.3, -0.25) is 4.99 Å². The lowest BCUT2D eigenvalue weighted by atomic mass is 10.1. The molecular formula is C15H23N3O. The third kappa shape index (κ3) is 4.81. The molecule has 0 heterocycles. The van der Waals surface area contributed by atoms with Crippen LogP contribution in [0, 0.1) is 5.92 Å². The summed E-state index contributed by atoms with van der Waals surface area (Å²) in [4.78, 5) is 4.22. The quantitative estimate of drug-likeness (QED) is 0.606. The van der Waals surface area contributed by atoms with Crippen LogP contribution in [0.2, 0.25) is 0 Å². The first-order valence-corrected chi connectivity index (χ1v) is 6.89. The summed E-state index contributed by atoms with van der Waals surface area (Å²) in [5.74, 6) is 2.67. The summed E-state index contributed by atoms with van der Waals surface area (Å²) >= 11 is 0. The van der Waals surface area contributed by atoms with E-state index in [-0.39, 0.29) is 0 Å². The molecule has 0 radical (unpaired) electrons. The lowest BCUT2D eigenvalue weighted by molar-refractivity contribution is 0.414. The number of rotatable bonds is 6. The fourth-order valence-electron chi connectivity index (χ4n) is 1.94. The number of hydrogen-bond donors (Lipinski definition) is 2. The van der Waals surface area contributed by atoms with Gasteiger partial charge in [0.05, 0.1) is 7.11 Å². The van der Waals surface area contributed by atoms with Gasteiger partial charge in [-0.1, -0.05) is 12.1 Å². The van der Waals surface area contributed by atoms with Gasteiger partial charge < -0.3 is 15.4 Å². The fourth-order valence-corrected chi connectivity index (χ4v) is 1.94. The summed E-state index contributed by atoms with van der Waals surface area (Å²) in [7, 11) is 3.51. The van der Waals surface area contributed by atoms with Crippen molar-refractivity contribution in [3.63, 3.8) is 0 Å². The van der Waals surface area contributed by atoms with Crippen LogP contribution in [0.1, 0.15) is 18.4 Å². The molecule has 0 bridgehead atoms. The van der Waals surface area contributed by atoms with Crippen LogP contribution in [0.5, 0.6) is 5.75 Å². The van der Waals surface area contributed by atoms with Crippen LogP contribution < -0.4 is 15.4 Å². The van der Waals surface area contributed by atoms with Crippen LogP contribution in [0.25, 0.3) is 0 Å². The average Bonchev–Trinajstić information content (AvgIpc) is 3.27. The first kappa shape index (κ1) is 13.7. The molecule has 2 rings (SSSR count). The summed E-state index contributed by atoms with van der Waals surface area (Å²) < 4.78 is 5.22. The Kier molecular flexibility index (Phi) is 5.07. The SMILES string of the molecule is CN=C(NCCc1cccc(OC)c1)NCC1CC1. The summed E-state index contributed by atoms with van der Waals surface area (Å²) in [6, 6.07) is 8.17. The molecule has 1 saturated carbocycles. The van der Waals surface area contributed by atoms with E-state index in [0.717, 1.165) is 37.1 Å². The minimum atomic E-state index is 0.858. The summed E-state index contributed by atoms with van der Waals surface area (Å²) in [6.45, 7) is 1.91. The third-order valence-corrected chi connectivity index (χ3v) is 3.32. The average molecular weight is 261 g/mol. The largest absolute Gasteiger partial charge is 0.497 e. The summed E-state index contributed by atoms with van der Waals surface area (Å²) in [5, 5.41) is 6.69. The Morgan fingerprint density at radius 1 is 1.37 bits per heavy atom. The molecular weight excluding hydrogens is 238 g/mol. The summed E-state index contributed by atoms with van der Waals surface area (Å²) in [6.07, 6.45) is 3.67. The van der Waals surface area contributed by atoms with Crippen molar-refractivity contribution in [3.05, 3.63) is 29.8 Å². The lowest BCUT2D eigenvalue weighted by Crippen LogP contribution is -2.39. The molecule has 1 aliphatic rings. The van der Waals surface area contributed by atoms with Crippen molar-refractivity contribution in [1.82, 2.24) is 10.6 Å². The van der Waals surface area contributed by atoms with Crippen LogP contribution >= 0.6 is 0 Å². The topological polar surface area (TPSA) is 45.7 Å². The minimum Gasteiger partial charge on any atom is -0.497 e. The van der Waals surface area contributed by atoms with Gasteiger partial charge in [-0.05, 0) is 42.9 Å². The van der Waals surface area contributed by atoms with Crippen LogP contribution in [-0.2, 0) is 6.42 Å². The van der Waals surface area contributed by atoms with Gasteiger partial charge in [-0.2, -0.15) is 0 Å². The van der Waals surface area contributed by atoms with E-state index in [1.165, 1.54) is 18.4 Å². The van der Waals surface area contributed by atoms with E-state index >= 15 is 0 Å². The van der Waals surface area contributed by atoms with Gasteiger partial charge in [0.1, 0.15) is 5.75 Å². The van der Waals surface area contributed by atoms with Crippen molar-refractivity contribution < 1.29 is 4.74 Å². The van der Waals surface area contributed by atoms with Crippen LogP contribution in [0.4, 0.5) is 0 Å². The van der Waals surface area contributed by atoms with Crippen molar-refractivity contribution in [1.29, 1.82) is 0 Å². The monoisotopic (exact) mass is 261 g/mol. The van der Waals surface area contributed by atoms with Gasteiger partial charge in [0, 0.05) is 20.1 Å². The molecule has 0 amide bonds. The highest BCUT2D eigenvalue weighted by atomic mass is 16.5.